The van der Waals surface area contributed by atoms with Gasteiger partial charge in [-0.05, 0) is 16.3 Å². The molecule has 0 aromatic heterocycles. The van der Waals surface area contributed by atoms with E-state index in [2.05, 4.69) is 48.2 Å². The van der Waals surface area contributed by atoms with Crippen LogP contribution in [0.25, 0.3) is 0 Å². The Morgan fingerprint density at radius 3 is 2.29 bits per heavy atom. The molecule has 1 rings (SSSR count). The summed E-state index contributed by atoms with van der Waals surface area (Å²) in [7, 11) is 0.989. The predicted octanol–water partition coefficient (Wildman–Crippen LogP) is 3.09. The summed E-state index contributed by atoms with van der Waals surface area (Å²) in [6, 6.07) is 8.24. The van der Waals surface area contributed by atoms with Gasteiger partial charge in [-0.25, -0.2) is 0 Å². The molecule has 0 aliphatic carbocycles. The lowest BCUT2D eigenvalue weighted by atomic mass is 10.2. The molecule has 0 amide bonds. The molecule has 0 saturated heterocycles. The van der Waals surface area contributed by atoms with Crippen molar-refractivity contribution in [3.05, 3.63) is 24.3 Å². The second-order valence-electron chi connectivity index (χ2n) is 4.26. The smallest absolute Gasteiger partial charge is 0.179 e. The number of methoxy groups -OCH3 is 1. The molecule has 0 N–H and O–H groups in total. The molecule has 0 saturated carbocycles. The average Bonchev–Trinajstić information content (AvgIpc) is 2.15. The van der Waals surface area contributed by atoms with Gasteiger partial charge in [-0.1, -0.05) is 39.0 Å². The Morgan fingerprint density at radius 1 is 1.21 bits per heavy atom. The van der Waals surface area contributed by atoms with Gasteiger partial charge in [0.1, 0.15) is 5.75 Å². The van der Waals surface area contributed by atoms with Crippen LogP contribution >= 0.6 is 15.3 Å². The molecule has 1 aromatic rings. The van der Waals surface area contributed by atoms with E-state index in [4.69, 9.17) is 4.74 Å². The maximum absolute atomic E-state index is 5.36. The Kier molecular flexibility index (Phi) is 3.78. The number of benzene rings is 1. The molecular weight excluding hydrogens is 256 g/mol. The molecule has 3 heteroatoms. The summed E-state index contributed by atoms with van der Waals surface area (Å²) in [6.45, 7) is 6.76. The van der Waals surface area contributed by atoms with E-state index in [1.165, 1.54) is 5.19 Å². The number of ether oxygens (including phenoxy) is 1. The SMILES string of the molecule is COc1ccccc1[Si](Br)C(C)(C)C. The molecule has 1 nitrogen and oxygen atoms in total. The van der Waals surface area contributed by atoms with Crippen molar-refractivity contribution in [2.24, 2.45) is 0 Å². The van der Waals surface area contributed by atoms with Crippen molar-refractivity contribution in [2.75, 3.05) is 7.11 Å². The molecule has 1 aromatic carbocycles. The Balaban J connectivity index is 3.06. The van der Waals surface area contributed by atoms with Gasteiger partial charge in [0, 0.05) is 0 Å². The third-order valence-corrected chi connectivity index (χ3v) is 9.05. The lowest BCUT2D eigenvalue weighted by molar-refractivity contribution is 0.418. The molecule has 77 valence electrons. The van der Waals surface area contributed by atoms with Crippen molar-refractivity contribution >= 4 is 27.9 Å². The van der Waals surface area contributed by atoms with E-state index < -0.39 is 7.42 Å². The third-order valence-electron chi connectivity index (χ3n) is 2.00. The molecule has 0 unspecified atom stereocenters. The summed E-state index contributed by atoms with van der Waals surface area (Å²) in [6.07, 6.45) is 0. The predicted molar refractivity (Wildman–Crippen MR) is 67.0 cm³/mol. The van der Waals surface area contributed by atoms with E-state index in [-0.39, 0.29) is 0 Å². The van der Waals surface area contributed by atoms with Crippen LogP contribution in [-0.2, 0) is 0 Å². The van der Waals surface area contributed by atoms with E-state index in [1.807, 2.05) is 12.1 Å². The van der Waals surface area contributed by atoms with Gasteiger partial charge in [0.05, 0.1) is 7.11 Å². The zero-order chi connectivity index (χ0) is 10.8. The van der Waals surface area contributed by atoms with Gasteiger partial charge >= 0.3 is 0 Å². The fourth-order valence-electron chi connectivity index (χ4n) is 1.23. The number of rotatable bonds is 2. The van der Waals surface area contributed by atoms with Gasteiger partial charge in [-0.15, -0.1) is 15.3 Å². The van der Waals surface area contributed by atoms with E-state index in [0.29, 0.717) is 5.04 Å². The molecule has 0 heterocycles. The van der Waals surface area contributed by atoms with Crippen molar-refractivity contribution in [2.45, 2.75) is 25.8 Å². The van der Waals surface area contributed by atoms with Crippen LogP contribution in [0.1, 0.15) is 20.8 Å². The maximum Gasteiger partial charge on any atom is 0.179 e. The first-order chi connectivity index (χ1) is 6.46. The van der Waals surface area contributed by atoms with Gasteiger partial charge in [0.15, 0.2) is 7.42 Å². The third kappa shape index (κ3) is 2.61. The normalized spacial score (nSPS) is 11.9. The Bertz CT molecular complexity index is 306. The fraction of sp³-hybridized carbons (Fsp3) is 0.455. The first kappa shape index (κ1) is 11.8. The summed E-state index contributed by atoms with van der Waals surface area (Å²) in [4.78, 5) is 0. The Hall–Kier alpha value is -0.283. The highest BCUT2D eigenvalue weighted by molar-refractivity contribution is 9.25. The van der Waals surface area contributed by atoms with Crippen molar-refractivity contribution in [3.63, 3.8) is 0 Å². The van der Waals surface area contributed by atoms with Crippen molar-refractivity contribution in [1.29, 1.82) is 0 Å². The van der Waals surface area contributed by atoms with Crippen LogP contribution in [0.15, 0.2) is 24.3 Å². The molecule has 0 fully saturated rings. The number of halogens is 1. The minimum atomic E-state index is -0.737. The number of hydrogen-bond acceptors (Lipinski definition) is 1. The van der Waals surface area contributed by atoms with Crippen molar-refractivity contribution in [3.8, 4) is 5.75 Å². The highest BCUT2D eigenvalue weighted by atomic mass is 79.9. The molecule has 14 heavy (non-hydrogen) atoms. The lowest BCUT2D eigenvalue weighted by Gasteiger charge is -2.24. The monoisotopic (exact) mass is 271 g/mol. The minimum Gasteiger partial charge on any atom is -0.497 e. The van der Waals surface area contributed by atoms with Crippen LogP contribution in [0.3, 0.4) is 0 Å². The highest BCUT2D eigenvalue weighted by Crippen LogP contribution is 2.31. The molecule has 1 radical (unpaired) electrons. The van der Waals surface area contributed by atoms with Crippen molar-refractivity contribution in [1.82, 2.24) is 0 Å². The Labute approximate surface area is 95.7 Å². The minimum absolute atomic E-state index is 0.291. The first-order valence-corrected chi connectivity index (χ1v) is 8.39. The number of hydrogen-bond donors (Lipinski definition) is 0. The van der Waals surface area contributed by atoms with E-state index in [9.17, 15) is 0 Å². The van der Waals surface area contributed by atoms with Gasteiger partial charge in [0.2, 0.25) is 0 Å². The van der Waals surface area contributed by atoms with E-state index in [1.54, 1.807) is 7.11 Å². The zero-order valence-corrected chi connectivity index (χ0v) is 11.7. The standard InChI is InChI=1S/C11H16BrOSi/c1-11(2,3)14(12)10-8-6-5-7-9(10)13-4/h5-8H,1-4H3. The highest BCUT2D eigenvalue weighted by Gasteiger charge is 2.28. The maximum atomic E-state index is 5.36. The quantitative estimate of drug-likeness (QED) is 0.594. The largest absolute Gasteiger partial charge is 0.497 e. The summed E-state index contributed by atoms with van der Waals surface area (Å²) >= 11 is 3.82. The zero-order valence-electron chi connectivity index (χ0n) is 9.10. The summed E-state index contributed by atoms with van der Waals surface area (Å²) < 4.78 is 5.36. The van der Waals surface area contributed by atoms with E-state index in [0.717, 1.165) is 5.75 Å². The van der Waals surface area contributed by atoms with Crippen molar-refractivity contribution < 1.29 is 4.74 Å². The Morgan fingerprint density at radius 2 is 1.79 bits per heavy atom. The molecule has 0 atom stereocenters. The number of para-hydroxylation sites is 1. The summed E-state index contributed by atoms with van der Waals surface area (Å²) in [5, 5.41) is 1.60. The molecule has 0 aliphatic rings. The second-order valence-corrected chi connectivity index (χ2v) is 9.31. The van der Waals surface area contributed by atoms with Crippen LogP contribution in [0, 0.1) is 0 Å². The molecule has 0 spiro atoms. The second kappa shape index (κ2) is 4.49. The van der Waals surface area contributed by atoms with Crippen LogP contribution in [0.4, 0.5) is 0 Å². The summed E-state index contributed by atoms with van der Waals surface area (Å²) in [5.41, 5.74) is 0. The van der Waals surface area contributed by atoms with E-state index >= 15 is 0 Å². The first-order valence-electron chi connectivity index (χ1n) is 4.63. The van der Waals surface area contributed by atoms with Gasteiger partial charge < -0.3 is 4.74 Å². The summed E-state index contributed by atoms with van der Waals surface area (Å²) in [5.74, 6) is 0.994. The lowest BCUT2D eigenvalue weighted by Crippen LogP contribution is -2.33. The average molecular weight is 272 g/mol. The molecule has 0 bridgehead atoms. The topological polar surface area (TPSA) is 9.23 Å². The van der Waals surface area contributed by atoms with Crippen LogP contribution in [-0.4, -0.2) is 14.5 Å². The molecule has 0 aliphatic heterocycles. The van der Waals surface area contributed by atoms with Gasteiger partial charge in [-0.3, -0.25) is 0 Å². The van der Waals surface area contributed by atoms with Gasteiger partial charge in [-0.2, -0.15) is 0 Å². The van der Waals surface area contributed by atoms with Crippen LogP contribution in [0.2, 0.25) is 5.04 Å². The van der Waals surface area contributed by atoms with Crippen LogP contribution < -0.4 is 9.92 Å². The van der Waals surface area contributed by atoms with Crippen LogP contribution in [0.5, 0.6) is 5.75 Å². The fourth-order valence-corrected chi connectivity index (χ4v) is 3.66. The van der Waals surface area contributed by atoms with Gasteiger partial charge in [0.25, 0.3) is 0 Å². The molecular formula is C11H16BrOSi.